The number of benzene rings is 2. The summed E-state index contributed by atoms with van der Waals surface area (Å²) in [5, 5.41) is 12.9. The van der Waals surface area contributed by atoms with Gasteiger partial charge in [0.25, 0.3) is 0 Å². The van der Waals surface area contributed by atoms with Gasteiger partial charge in [0.2, 0.25) is 11.8 Å². The van der Waals surface area contributed by atoms with Crippen LogP contribution in [0.15, 0.2) is 66.7 Å². The van der Waals surface area contributed by atoms with Gasteiger partial charge in [0, 0.05) is 13.0 Å². The van der Waals surface area contributed by atoms with Crippen LogP contribution in [0.3, 0.4) is 0 Å². The number of esters is 1. The number of cyclic esters (lactones) is 1. The zero-order chi connectivity index (χ0) is 26.2. The van der Waals surface area contributed by atoms with Gasteiger partial charge in [-0.05, 0) is 49.3 Å². The Balaban J connectivity index is 1.46. The van der Waals surface area contributed by atoms with Crippen molar-refractivity contribution in [1.29, 1.82) is 0 Å². The Hall–Kier alpha value is -3.45. The molecule has 4 rings (SSSR count). The molecule has 2 aliphatic heterocycles. The average Bonchev–Trinajstić information content (AvgIpc) is 2.91. The number of carbonyl (C=O) groups is 3. The van der Waals surface area contributed by atoms with Crippen molar-refractivity contribution in [2.45, 2.75) is 57.7 Å². The second-order valence-corrected chi connectivity index (χ2v) is 10.1. The molecule has 0 bridgehead atoms. The molecule has 2 aliphatic rings. The maximum Gasteiger partial charge on any atom is 0.309 e. The van der Waals surface area contributed by atoms with Gasteiger partial charge in [0.05, 0.1) is 30.5 Å². The highest BCUT2D eigenvalue weighted by molar-refractivity contribution is 5.86. The van der Waals surface area contributed by atoms with Crippen LogP contribution in [-0.2, 0) is 38.5 Å². The summed E-state index contributed by atoms with van der Waals surface area (Å²) in [5.41, 5.74) is 3.28. The van der Waals surface area contributed by atoms with E-state index >= 15 is 0 Å². The van der Waals surface area contributed by atoms with E-state index < -0.39 is 5.92 Å². The van der Waals surface area contributed by atoms with Crippen LogP contribution in [0, 0.1) is 11.8 Å². The van der Waals surface area contributed by atoms with Crippen molar-refractivity contribution >= 4 is 17.8 Å². The van der Waals surface area contributed by atoms with E-state index in [2.05, 4.69) is 5.32 Å². The molecule has 4 unspecified atom stereocenters. The van der Waals surface area contributed by atoms with Crippen molar-refractivity contribution in [2.24, 2.45) is 11.8 Å². The van der Waals surface area contributed by atoms with Crippen LogP contribution in [0.2, 0.25) is 0 Å². The number of allylic oxidation sites excluding steroid dienone is 2. The Morgan fingerprint density at radius 1 is 1.00 bits per heavy atom. The number of nitrogens with one attached hydrogen (secondary N) is 1. The standard InChI is InChI=1S/C30H36N2O5/c1-21-20-37-30(36)25(15-22-9-3-2-4-10-22)13-7-6-12-24(29(35)31-21)17-28(34)32-18-26-14-8-5-11-23(26)16-27(32)19-33/h2-11,14,21,24-25,27,33H,12-13,15-20H2,1H3,(H,31,35). The molecule has 2 aromatic rings. The fraction of sp³-hybridized carbons (Fsp3) is 0.433. The fourth-order valence-corrected chi connectivity index (χ4v) is 5.06. The van der Waals surface area contributed by atoms with E-state index in [1.54, 1.807) is 11.8 Å². The third-order valence-corrected chi connectivity index (χ3v) is 7.21. The maximum atomic E-state index is 13.4. The van der Waals surface area contributed by atoms with Gasteiger partial charge in [-0.2, -0.15) is 0 Å². The molecular weight excluding hydrogens is 468 g/mol. The largest absolute Gasteiger partial charge is 0.463 e. The molecule has 37 heavy (non-hydrogen) atoms. The summed E-state index contributed by atoms with van der Waals surface area (Å²) in [6.07, 6.45) is 5.93. The number of carbonyl (C=O) groups excluding carboxylic acids is 3. The quantitative estimate of drug-likeness (QED) is 0.482. The monoisotopic (exact) mass is 504 g/mol. The van der Waals surface area contributed by atoms with Crippen LogP contribution < -0.4 is 5.32 Å². The predicted octanol–water partition coefficient (Wildman–Crippen LogP) is 3.20. The van der Waals surface area contributed by atoms with E-state index in [4.69, 9.17) is 4.74 Å². The number of hydrogen-bond acceptors (Lipinski definition) is 5. The zero-order valence-corrected chi connectivity index (χ0v) is 21.3. The lowest BCUT2D eigenvalue weighted by atomic mass is 9.92. The normalized spacial score (nSPS) is 24.8. The Kier molecular flexibility index (Phi) is 9.12. The molecule has 0 radical (unpaired) electrons. The fourth-order valence-electron chi connectivity index (χ4n) is 5.06. The highest BCUT2D eigenvalue weighted by atomic mass is 16.5. The molecule has 2 amide bonds. The molecule has 0 saturated heterocycles. The number of rotatable bonds is 5. The predicted molar refractivity (Wildman–Crippen MR) is 140 cm³/mol. The smallest absolute Gasteiger partial charge is 0.309 e. The van der Waals surface area contributed by atoms with E-state index in [0.29, 0.717) is 32.2 Å². The molecule has 2 heterocycles. The number of hydrogen-bond donors (Lipinski definition) is 2. The summed E-state index contributed by atoms with van der Waals surface area (Å²) < 4.78 is 5.54. The summed E-state index contributed by atoms with van der Waals surface area (Å²) in [5.74, 6) is -1.52. The van der Waals surface area contributed by atoms with Crippen LogP contribution in [0.5, 0.6) is 0 Å². The van der Waals surface area contributed by atoms with Crippen LogP contribution in [-0.4, -0.2) is 53.1 Å². The Labute approximate surface area is 218 Å². The van der Waals surface area contributed by atoms with Gasteiger partial charge in [-0.1, -0.05) is 66.7 Å². The SMILES string of the molecule is CC1COC(=O)C(Cc2ccccc2)CC=CCC(CC(=O)N2Cc3ccccc3CC2CO)C(=O)N1. The first-order chi connectivity index (χ1) is 17.9. The third kappa shape index (κ3) is 7.07. The van der Waals surface area contributed by atoms with E-state index in [-0.39, 0.29) is 55.4 Å². The first-order valence-electron chi connectivity index (χ1n) is 13.1. The van der Waals surface area contributed by atoms with Crippen molar-refractivity contribution in [1.82, 2.24) is 10.2 Å². The summed E-state index contributed by atoms with van der Waals surface area (Å²) in [4.78, 5) is 40.9. The summed E-state index contributed by atoms with van der Waals surface area (Å²) in [6.45, 7) is 2.18. The van der Waals surface area contributed by atoms with Gasteiger partial charge >= 0.3 is 5.97 Å². The lowest BCUT2D eigenvalue weighted by Gasteiger charge is -2.36. The van der Waals surface area contributed by atoms with Crippen LogP contribution in [0.4, 0.5) is 0 Å². The molecular formula is C30H36N2O5. The van der Waals surface area contributed by atoms with E-state index in [1.165, 1.54) is 0 Å². The highest BCUT2D eigenvalue weighted by Gasteiger charge is 2.32. The first-order valence-corrected chi connectivity index (χ1v) is 13.1. The minimum atomic E-state index is -0.551. The van der Waals surface area contributed by atoms with Gasteiger partial charge in [-0.3, -0.25) is 14.4 Å². The van der Waals surface area contributed by atoms with Crippen molar-refractivity contribution in [2.75, 3.05) is 13.2 Å². The summed E-state index contributed by atoms with van der Waals surface area (Å²) in [6, 6.07) is 17.1. The maximum absolute atomic E-state index is 13.4. The lowest BCUT2D eigenvalue weighted by Crippen LogP contribution is -2.48. The van der Waals surface area contributed by atoms with E-state index in [9.17, 15) is 19.5 Å². The summed E-state index contributed by atoms with van der Waals surface area (Å²) in [7, 11) is 0. The van der Waals surface area contributed by atoms with Crippen LogP contribution >= 0.6 is 0 Å². The second-order valence-electron chi connectivity index (χ2n) is 10.1. The number of ether oxygens (including phenoxy) is 1. The Morgan fingerprint density at radius 3 is 2.41 bits per heavy atom. The Morgan fingerprint density at radius 2 is 1.68 bits per heavy atom. The number of fused-ring (bicyclic) bond motifs is 1. The van der Waals surface area contributed by atoms with Gasteiger partial charge in [0.1, 0.15) is 6.61 Å². The van der Waals surface area contributed by atoms with Crippen molar-refractivity contribution in [3.63, 3.8) is 0 Å². The number of amides is 2. The topological polar surface area (TPSA) is 95.9 Å². The van der Waals surface area contributed by atoms with Crippen molar-refractivity contribution in [3.05, 3.63) is 83.4 Å². The second kappa shape index (κ2) is 12.7. The van der Waals surface area contributed by atoms with Gasteiger partial charge in [0.15, 0.2) is 0 Å². The zero-order valence-electron chi connectivity index (χ0n) is 21.3. The molecule has 0 saturated carbocycles. The third-order valence-electron chi connectivity index (χ3n) is 7.21. The molecule has 2 N–H and O–H groups in total. The van der Waals surface area contributed by atoms with Gasteiger partial charge < -0.3 is 20.1 Å². The molecule has 7 nitrogen and oxygen atoms in total. The molecule has 4 atom stereocenters. The minimum absolute atomic E-state index is 0.0504. The molecule has 196 valence electrons. The Bertz CT molecular complexity index is 1120. The average molecular weight is 505 g/mol. The number of aliphatic hydroxyl groups is 1. The molecule has 7 heteroatoms. The highest BCUT2D eigenvalue weighted by Crippen LogP contribution is 2.26. The number of nitrogens with zero attached hydrogens (tertiary/aromatic N) is 1. The van der Waals surface area contributed by atoms with E-state index in [0.717, 1.165) is 16.7 Å². The number of aliphatic hydroxyl groups excluding tert-OH is 1. The lowest BCUT2D eigenvalue weighted by molar-refractivity contribution is -0.149. The van der Waals surface area contributed by atoms with E-state index in [1.807, 2.05) is 66.7 Å². The van der Waals surface area contributed by atoms with Crippen LogP contribution in [0.1, 0.15) is 42.9 Å². The molecule has 0 aromatic heterocycles. The molecule has 0 fully saturated rings. The van der Waals surface area contributed by atoms with Crippen molar-refractivity contribution in [3.8, 4) is 0 Å². The molecule has 0 spiro atoms. The molecule has 0 aliphatic carbocycles. The first kappa shape index (κ1) is 26.6. The van der Waals surface area contributed by atoms with Crippen LogP contribution in [0.25, 0.3) is 0 Å². The minimum Gasteiger partial charge on any atom is -0.463 e. The van der Waals surface area contributed by atoms with Gasteiger partial charge in [-0.15, -0.1) is 0 Å². The van der Waals surface area contributed by atoms with Gasteiger partial charge in [-0.25, -0.2) is 0 Å². The summed E-state index contributed by atoms with van der Waals surface area (Å²) >= 11 is 0. The van der Waals surface area contributed by atoms with Crippen molar-refractivity contribution < 1.29 is 24.2 Å². The molecule has 2 aromatic carbocycles.